The van der Waals surface area contributed by atoms with Gasteiger partial charge in [-0.1, -0.05) is 19.3 Å². The Morgan fingerprint density at radius 3 is 2.53 bits per heavy atom. The van der Waals surface area contributed by atoms with Crippen LogP contribution in [0.2, 0.25) is 0 Å². The molecule has 0 aliphatic heterocycles. The molecule has 5 nitrogen and oxygen atoms in total. The molecule has 0 unspecified atom stereocenters. The normalized spacial score (nSPS) is 19.2. The number of methoxy groups -OCH3 is 1. The van der Waals surface area contributed by atoms with Crippen LogP contribution in [-0.2, 0) is 14.3 Å². The Hall–Kier alpha value is -1.41. The van der Waals surface area contributed by atoms with Gasteiger partial charge in [-0.2, -0.15) is 5.26 Å². The Labute approximate surface area is 114 Å². The van der Waals surface area contributed by atoms with Crippen molar-refractivity contribution in [2.24, 2.45) is 11.8 Å². The van der Waals surface area contributed by atoms with E-state index in [1.807, 2.05) is 6.07 Å². The Balaban J connectivity index is 2.58. The van der Waals surface area contributed by atoms with Gasteiger partial charge in [0.15, 0.2) is 11.7 Å². The van der Waals surface area contributed by atoms with Crippen molar-refractivity contribution < 1.29 is 14.3 Å². The lowest BCUT2D eigenvalue weighted by Gasteiger charge is -2.22. The van der Waals surface area contributed by atoms with Gasteiger partial charge in [0.2, 0.25) is 5.91 Å². The number of nitrogens with zero attached hydrogens (tertiary/aromatic N) is 1. The van der Waals surface area contributed by atoms with E-state index in [1.54, 1.807) is 6.92 Å². The van der Waals surface area contributed by atoms with Gasteiger partial charge in [0.05, 0.1) is 12.7 Å². The summed E-state index contributed by atoms with van der Waals surface area (Å²) in [6.07, 6.45) is 4.76. The molecule has 0 bridgehead atoms. The van der Waals surface area contributed by atoms with E-state index in [4.69, 9.17) is 10.00 Å². The molecule has 1 aliphatic carbocycles. The van der Waals surface area contributed by atoms with Gasteiger partial charge in [-0.3, -0.25) is 9.59 Å². The smallest absolute Gasteiger partial charge is 0.245 e. The Bertz CT molecular complexity index is 356. The molecular weight excluding hydrogens is 244 g/mol. The summed E-state index contributed by atoms with van der Waals surface area (Å²) in [5, 5.41) is 11.7. The standard InChI is InChI=1S/C14H22N2O3/c1-10(9-19-2)16-14(18)12(8-15)13(17)11-6-4-3-5-7-11/h10-12H,3-7,9H2,1-2H3,(H,16,18)/t10-,12-/m0/s1. The van der Waals surface area contributed by atoms with Crippen LogP contribution >= 0.6 is 0 Å². The number of ether oxygens (including phenoxy) is 1. The van der Waals surface area contributed by atoms with Crippen molar-refractivity contribution >= 4 is 11.7 Å². The van der Waals surface area contributed by atoms with Crippen molar-refractivity contribution in [3.8, 4) is 6.07 Å². The van der Waals surface area contributed by atoms with Gasteiger partial charge in [-0.15, -0.1) is 0 Å². The van der Waals surface area contributed by atoms with Crippen LogP contribution in [0.5, 0.6) is 0 Å². The first-order valence-electron chi connectivity index (χ1n) is 6.82. The van der Waals surface area contributed by atoms with Crippen LogP contribution in [-0.4, -0.2) is 31.4 Å². The third-order valence-electron chi connectivity index (χ3n) is 3.49. The van der Waals surface area contributed by atoms with Crippen LogP contribution in [0.1, 0.15) is 39.0 Å². The van der Waals surface area contributed by atoms with Crippen LogP contribution in [0.25, 0.3) is 0 Å². The maximum Gasteiger partial charge on any atom is 0.245 e. The molecule has 2 atom stereocenters. The number of rotatable bonds is 6. The molecule has 1 fully saturated rings. The minimum Gasteiger partial charge on any atom is -0.383 e. The second-order valence-electron chi connectivity index (χ2n) is 5.16. The first kappa shape index (κ1) is 15.6. The minimum absolute atomic E-state index is 0.123. The lowest BCUT2D eigenvalue weighted by atomic mass is 9.81. The Morgan fingerprint density at radius 1 is 1.37 bits per heavy atom. The Kier molecular flexibility index (Phi) is 6.51. The average molecular weight is 266 g/mol. The topological polar surface area (TPSA) is 79.2 Å². The highest BCUT2D eigenvalue weighted by atomic mass is 16.5. The number of amides is 1. The molecule has 1 saturated carbocycles. The van der Waals surface area contributed by atoms with E-state index in [2.05, 4.69) is 5.32 Å². The number of Topliss-reactive ketones (excluding diaryl/α,β-unsaturated/α-hetero) is 1. The molecule has 5 heteroatoms. The molecule has 1 N–H and O–H groups in total. The first-order valence-corrected chi connectivity index (χ1v) is 6.82. The number of nitriles is 1. The second-order valence-corrected chi connectivity index (χ2v) is 5.16. The van der Waals surface area contributed by atoms with E-state index in [1.165, 1.54) is 7.11 Å². The fraction of sp³-hybridized carbons (Fsp3) is 0.786. The summed E-state index contributed by atoms with van der Waals surface area (Å²) in [5.41, 5.74) is 0. The maximum absolute atomic E-state index is 12.2. The lowest BCUT2D eigenvalue weighted by molar-refractivity contribution is -0.135. The highest BCUT2D eigenvalue weighted by Gasteiger charge is 2.33. The van der Waals surface area contributed by atoms with Crippen LogP contribution in [0.3, 0.4) is 0 Å². The van der Waals surface area contributed by atoms with E-state index >= 15 is 0 Å². The van der Waals surface area contributed by atoms with Gasteiger partial charge >= 0.3 is 0 Å². The number of carbonyl (C=O) groups excluding carboxylic acids is 2. The zero-order valence-electron chi connectivity index (χ0n) is 11.6. The summed E-state index contributed by atoms with van der Waals surface area (Å²) in [4.78, 5) is 24.1. The molecule has 0 radical (unpaired) electrons. The summed E-state index contributed by atoms with van der Waals surface area (Å²) in [6.45, 7) is 2.14. The van der Waals surface area contributed by atoms with Crippen molar-refractivity contribution in [2.45, 2.75) is 45.1 Å². The van der Waals surface area contributed by atoms with Gasteiger partial charge in [-0.25, -0.2) is 0 Å². The molecule has 19 heavy (non-hydrogen) atoms. The van der Waals surface area contributed by atoms with E-state index < -0.39 is 11.8 Å². The molecule has 0 aromatic heterocycles. The molecule has 106 valence electrons. The Morgan fingerprint density at radius 2 is 2.00 bits per heavy atom. The monoisotopic (exact) mass is 266 g/mol. The van der Waals surface area contributed by atoms with E-state index in [-0.39, 0.29) is 17.7 Å². The third-order valence-corrected chi connectivity index (χ3v) is 3.49. The van der Waals surface area contributed by atoms with Crippen LogP contribution in [0, 0.1) is 23.2 Å². The first-order chi connectivity index (χ1) is 9.10. The summed E-state index contributed by atoms with van der Waals surface area (Å²) >= 11 is 0. The average Bonchev–Trinajstić information content (AvgIpc) is 2.40. The van der Waals surface area contributed by atoms with Crippen molar-refractivity contribution in [1.29, 1.82) is 5.26 Å². The van der Waals surface area contributed by atoms with E-state index in [0.717, 1.165) is 32.1 Å². The molecule has 0 heterocycles. The van der Waals surface area contributed by atoms with Crippen molar-refractivity contribution in [3.63, 3.8) is 0 Å². The van der Waals surface area contributed by atoms with Crippen molar-refractivity contribution in [2.75, 3.05) is 13.7 Å². The van der Waals surface area contributed by atoms with Gasteiger partial charge in [0.1, 0.15) is 0 Å². The minimum atomic E-state index is -1.18. The summed E-state index contributed by atoms with van der Waals surface area (Å²) in [6, 6.07) is 1.64. The van der Waals surface area contributed by atoms with Crippen LogP contribution in [0.15, 0.2) is 0 Å². The number of hydrogen-bond donors (Lipinski definition) is 1. The van der Waals surface area contributed by atoms with Crippen LogP contribution < -0.4 is 5.32 Å². The van der Waals surface area contributed by atoms with Crippen LogP contribution in [0.4, 0.5) is 0 Å². The summed E-state index contributed by atoms with van der Waals surface area (Å²) < 4.78 is 4.91. The molecule has 0 aromatic rings. The van der Waals surface area contributed by atoms with E-state index in [9.17, 15) is 9.59 Å². The summed E-state index contributed by atoms with van der Waals surface area (Å²) in [7, 11) is 1.54. The van der Waals surface area contributed by atoms with E-state index in [0.29, 0.717) is 6.61 Å². The molecule has 0 aromatic carbocycles. The fourth-order valence-electron chi connectivity index (χ4n) is 2.49. The molecular formula is C14H22N2O3. The molecule has 1 amide bonds. The fourth-order valence-corrected chi connectivity index (χ4v) is 2.49. The maximum atomic E-state index is 12.2. The largest absolute Gasteiger partial charge is 0.383 e. The quantitative estimate of drug-likeness (QED) is 0.737. The number of hydrogen-bond acceptors (Lipinski definition) is 4. The van der Waals surface area contributed by atoms with Gasteiger partial charge in [0.25, 0.3) is 0 Å². The predicted molar refractivity (Wildman–Crippen MR) is 70.2 cm³/mol. The second kappa shape index (κ2) is 7.90. The summed E-state index contributed by atoms with van der Waals surface area (Å²) in [5.74, 6) is -2.02. The SMILES string of the molecule is COC[C@H](C)NC(=O)[C@@H](C#N)C(=O)C1CCCCC1. The molecule has 1 rings (SSSR count). The van der Waals surface area contributed by atoms with Crippen molar-refractivity contribution in [3.05, 3.63) is 0 Å². The zero-order chi connectivity index (χ0) is 14.3. The molecule has 0 saturated heterocycles. The zero-order valence-corrected chi connectivity index (χ0v) is 11.6. The highest BCUT2D eigenvalue weighted by Crippen LogP contribution is 2.26. The number of ketones is 1. The molecule has 0 spiro atoms. The van der Waals surface area contributed by atoms with Gasteiger partial charge < -0.3 is 10.1 Å². The highest BCUT2D eigenvalue weighted by molar-refractivity contribution is 6.05. The number of carbonyl (C=O) groups is 2. The lowest BCUT2D eigenvalue weighted by Crippen LogP contribution is -2.43. The third kappa shape index (κ3) is 4.64. The number of nitrogens with one attached hydrogen (secondary N) is 1. The molecule has 1 aliphatic rings. The van der Waals surface area contributed by atoms with Crippen molar-refractivity contribution in [1.82, 2.24) is 5.32 Å². The predicted octanol–water partition coefficient (Wildman–Crippen LogP) is 1.43. The van der Waals surface area contributed by atoms with Gasteiger partial charge in [0, 0.05) is 19.1 Å². The van der Waals surface area contributed by atoms with Gasteiger partial charge in [-0.05, 0) is 19.8 Å².